The molecule has 0 unspecified atom stereocenters. The lowest BCUT2D eigenvalue weighted by Gasteiger charge is -2.04. The number of nitrogens with zero attached hydrogens (tertiary/aromatic N) is 1. The minimum absolute atomic E-state index is 0.104. The Bertz CT molecular complexity index is 668. The second-order valence-electron chi connectivity index (χ2n) is 5.96. The average Bonchev–Trinajstić information content (AvgIpc) is 3.01. The Morgan fingerprint density at radius 3 is 2.70 bits per heavy atom. The molecule has 4 heteroatoms. The number of carbonyl (C=O) groups is 1. The second-order valence-corrected chi connectivity index (χ2v) is 5.96. The van der Waals surface area contributed by atoms with E-state index in [2.05, 4.69) is 59.7 Å². The standard InChI is InChI=1S/C19H25N3O/c1-14-8-10-16(11-9-14)12-15(2)6-4-5-7-17-13-21-22-18(17)19(23)20-3/h8-13H,4-7H2,1-3H3,(H,20,23)(H,21,22)/b15-12-. The number of nitrogens with one attached hydrogen (secondary N) is 2. The lowest BCUT2D eigenvalue weighted by atomic mass is 10.0. The van der Waals surface area contributed by atoms with Crippen molar-refractivity contribution in [2.45, 2.75) is 39.5 Å². The molecule has 122 valence electrons. The maximum absolute atomic E-state index is 11.7. The molecule has 23 heavy (non-hydrogen) atoms. The van der Waals surface area contributed by atoms with Crippen LogP contribution >= 0.6 is 0 Å². The largest absolute Gasteiger partial charge is 0.354 e. The van der Waals surface area contributed by atoms with Gasteiger partial charge in [-0.25, -0.2) is 0 Å². The lowest BCUT2D eigenvalue weighted by molar-refractivity contribution is 0.0957. The monoisotopic (exact) mass is 311 g/mol. The Labute approximate surface area is 138 Å². The second kappa shape index (κ2) is 8.32. The molecule has 2 aromatic rings. The summed E-state index contributed by atoms with van der Waals surface area (Å²) in [5.74, 6) is -0.104. The lowest BCUT2D eigenvalue weighted by Crippen LogP contribution is -2.19. The summed E-state index contributed by atoms with van der Waals surface area (Å²) in [6.07, 6.45) is 8.08. The molecule has 0 aliphatic heterocycles. The normalized spacial score (nSPS) is 11.5. The molecule has 0 radical (unpaired) electrons. The van der Waals surface area contributed by atoms with E-state index in [9.17, 15) is 4.79 Å². The molecule has 2 N–H and O–H groups in total. The van der Waals surface area contributed by atoms with Crippen molar-refractivity contribution in [1.82, 2.24) is 15.5 Å². The third-order valence-corrected chi connectivity index (χ3v) is 3.93. The minimum Gasteiger partial charge on any atom is -0.354 e. The van der Waals surface area contributed by atoms with E-state index in [0.717, 1.165) is 31.2 Å². The number of aromatic amines is 1. The van der Waals surface area contributed by atoms with E-state index in [1.807, 2.05) is 0 Å². The SMILES string of the molecule is CNC(=O)c1[nH]ncc1CCCC/C(C)=C\c1ccc(C)cc1. The number of hydrogen-bond acceptors (Lipinski definition) is 2. The summed E-state index contributed by atoms with van der Waals surface area (Å²) in [4.78, 5) is 11.7. The minimum atomic E-state index is -0.104. The van der Waals surface area contributed by atoms with Crippen LogP contribution in [0.4, 0.5) is 0 Å². The smallest absolute Gasteiger partial charge is 0.269 e. The van der Waals surface area contributed by atoms with Gasteiger partial charge < -0.3 is 5.32 Å². The van der Waals surface area contributed by atoms with Gasteiger partial charge in [0.25, 0.3) is 5.91 Å². The van der Waals surface area contributed by atoms with E-state index < -0.39 is 0 Å². The number of amides is 1. The van der Waals surface area contributed by atoms with Gasteiger partial charge in [-0.05, 0) is 45.1 Å². The number of unbranched alkanes of at least 4 members (excludes halogenated alkanes) is 1. The number of carbonyl (C=O) groups excluding carboxylic acids is 1. The quantitative estimate of drug-likeness (QED) is 0.762. The van der Waals surface area contributed by atoms with E-state index in [-0.39, 0.29) is 5.91 Å². The zero-order valence-corrected chi connectivity index (χ0v) is 14.1. The Kier molecular flexibility index (Phi) is 6.15. The molecule has 1 heterocycles. The highest BCUT2D eigenvalue weighted by Crippen LogP contribution is 2.15. The molecular weight excluding hydrogens is 286 g/mol. The first-order valence-corrected chi connectivity index (χ1v) is 8.08. The third-order valence-electron chi connectivity index (χ3n) is 3.93. The van der Waals surface area contributed by atoms with Gasteiger partial charge >= 0.3 is 0 Å². The fourth-order valence-electron chi connectivity index (χ4n) is 2.56. The summed E-state index contributed by atoms with van der Waals surface area (Å²) in [6.45, 7) is 4.27. The molecule has 0 saturated carbocycles. The molecule has 1 amide bonds. The topological polar surface area (TPSA) is 57.8 Å². The average molecular weight is 311 g/mol. The molecule has 0 aliphatic carbocycles. The van der Waals surface area contributed by atoms with Gasteiger partial charge in [0, 0.05) is 12.6 Å². The van der Waals surface area contributed by atoms with E-state index >= 15 is 0 Å². The van der Waals surface area contributed by atoms with Crippen molar-refractivity contribution in [3.63, 3.8) is 0 Å². The number of allylic oxidation sites excluding steroid dienone is 1. The molecule has 0 saturated heterocycles. The highest BCUT2D eigenvalue weighted by atomic mass is 16.1. The van der Waals surface area contributed by atoms with E-state index in [4.69, 9.17) is 0 Å². The Hall–Kier alpha value is -2.36. The summed E-state index contributed by atoms with van der Waals surface area (Å²) >= 11 is 0. The van der Waals surface area contributed by atoms with Gasteiger partial charge in [0.1, 0.15) is 5.69 Å². The number of hydrogen-bond donors (Lipinski definition) is 2. The van der Waals surface area contributed by atoms with E-state index in [1.54, 1.807) is 13.2 Å². The first-order valence-electron chi connectivity index (χ1n) is 8.08. The van der Waals surface area contributed by atoms with E-state index in [1.165, 1.54) is 16.7 Å². The van der Waals surface area contributed by atoms with Crippen LogP contribution in [0.15, 0.2) is 36.0 Å². The molecule has 4 nitrogen and oxygen atoms in total. The van der Waals surface area contributed by atoms with Crippen LogP contribution in [0.1, 0.15) is 53.4 Å². The summed E-state index contributed by atoms with van der Waals surface area (Å²) in [5, 5.41) is 9.37. The van der Waals surface area contributed by atoms with Gasteiger partial charge in [0.15, 0.2) is 0 Å². The number of aromatic nitrogens is 2. The van der Waals surface area contributed by atoms with E-state index in [0.29, 0.717) is 5.69 Å². The van der Waals surface area contributed by atoms with Crippen LogP contribution in [0, 0.1) is 6.92 Å². The van der Waals surface area contributed by atoms with Crippen LogP contribution in [0.2, 0.25) is 0 Å². The first-order chi connectivity index (χ1) is 11.1. The molecule has 0 spiro atoms. The van der Waals surface area contributed by atoms with Crippen molar-refractivity contribution in [1.29, 1.82) is 0 Å². The van der Waals surface area contributed by atoms with Gasteiger partial charge in [0.2, 0.25) is 0 Å². The highest BCUT2D eigenvalue weighted by Gasteiger charge is 2.11. The van der Waals surface area contributed by atoms with Gasteiger partial charge in [0.05, 0.1) is 6.20 Å². The molecular formula is C19H25N3O. The molecule has 2 rings (SSSR count). The summed E-state index contributed by atoms with van der Waals surface area (Å²) in [7, 11) is 1.63. The number of rotatable bonds is 7. The molecule has 1 aromatic carbocycles. The molecule has 0 atom stereocenters. The maximum atomic E-state index is 11.7. The fourth-order valence-corrected chi connectivity index (χ4v) is 2.56. The molecule has 1 aromatic heterocycles. The Morgan fingerprint density at radius 2 is 2.00 bits per heavy atom. The fraction of sp³-hybridized carbons (Fsp3) is 0.368. The van der Waals surface area contributed by atoms with Crippen molar-refractivity contribution >= 4 is 12.0 Å². The van der Waals surface area contributed by atoms with Gasteiger partial charge in [-0.15, -0.1) is 0 Å². The summed E-state index contributed by atoms with van der Waals surface area (Å²) < 4.78 is 0. The van der Waals surface area contributed by atoms with Crippen LogP contribution in [0.25, 0.3) is 6.08 Å². The predicted molar refractivity (Wildman–Crippen MR) is 94.4 cm³/mol. The number of benzene rings is 1. The van der Waals surface area contributed by atoms with Crippen LogP contribution in [-0.2, 0) is 6.42 Å². The van der Waals surface area contributed by atoms with Crippen molar-refractivity contribution in [3.8, 4) is 0 Å². The maximum Gasteiger partial charge on any atom is 0.269 e. The molecule has 0 fully saturated rings. The molecule has 0 aliphatic rings. The van der Waals surface area contributed by atoms with Crippen LogP contribution in [0.5, 0.6) is 0 Å². The van der Waals surface area contributed by atoms with Gasteiger partial charge in [-0.2, -0.15) is 5.10 Å². The number of aryl methyl sites for hydroxylation is 2. The van der Waals surface area contributed by atoms with Gasteiger partial charge in [-0.1, -0.05) is 41.5 Å². The predicted octanol–water partition coefficient (Wildman–Crippen LogP) is 3.89. The Morgan fingerprint density at radius 1 is 1.26 bits per heavy atom. The summed E-state index contributed by atoms with van der Waals surface area (Å²) in [6, 6.07) is 8.58. The van der Waals surface area contributed by atoms with Crippen LogP contribution in [0.3, 0.4) is 0 Å². The highest BCUT2D eigenvalue weighted by molar-refractivity contribution is 5.93. The van der Waals surface area contributed by atoms with Crippen molar-refractivity contribution in [3.05, 3.63) is 58.4 Å². The zero-order chi connectivity index (χ0) is 16.7. The van der Waals surface area contributed by atoms with Crippen molar-refractivity contribution in [2.24, 2.45) is 0 Å². The summed E-state index contributed by atoms with van der Waals surface area (Å²) in [5.41, 5.74) is 5.49. The third kappa shape index (κ3) is 5.09. The van der Waals surface area contributed by atoms with Crippen molar-refractivity contribution in [2.75, 3.05) is 7.05 Å². The Balaban J connectivity index is 1.80. The van der Waals surface area contributed by atoms with Crippen LogP contribution in [-0.4, -0.2) is 23.2 Å². The van der Waals surface area contributed by atoms with Crippen LogP contribution < -0.4 is 5.32 Å². The zero-order valence-electron chi connectivity index (χ0n) is 14.1. The van der Waals surface area contributed by atoms with Crippen molar-refractivity contribution < 1.29 is 4.79 Å². The first kappa shape index (κ1) is 17.0. The van der Waals surface area contributed by atoms with Gasteiger partial charge in [-0.3, -0.25) is 9.89 Å². The molecule has 0 bridgehead atoms. The number of H-pyrrole nitrogens is 1.